The quantitative estimate of drug-likeness (QED) is 0.173. The van der Waals surface area contributed by atoms with Crippen LogP contribution in [0.4, 0.5) is 5.69 Å². The average molecular weight is 680 g/mol. The molecule has 0 saturated carbocycles. The lowest BCUT2D eigenvalue weighted by Crippen LogP contribution is -2.06. The van der Waals surface area contributed by atoms with Gasteiger partial charge in [-0.1, -0.05) is 121 Å². The molecular weight excluding hydrogens is 655 g/mol. The first-order valence-corrected chi connectivity index (χ1v) is 17.3. The molecule has 4 aromatic heterocycles. The molecule has 7 nitrogen and oxygen atoms in total. The van der Waals surface area contributed by atoms with Crippen molar-refractivity contribution in [3.8, 4) is 39.9 Å². The fraction of sp³-hybridized carbons (Fsp3) is 0. The Bertz CT molecular complexity index is 3310. The Morgan fingerprint density at radius 2 is 1.08 bits per heavy atom. The number of fused-ring (bicyclic) bond motifs is 9. The van der Waals surface area contributed by atoms with Gasteiger partial charge in [-0.3, -0.25) is 4.57 Å². The highest BCUT2D eigenvalue weighted by Crippen LogP contribution is 2.42. The average Bonchev–Trinajstić information content (AvgIpc) is 3.90. The normalized spacial score (nSPS) is 11.8. The van der Waals surface area contributed by atoms with E-state index in [-0.39, 0.29) is 0 Å². The summed E-state index contributed by atoms with van der Waals surface area (Å²) in [6.45, 7) is 7.90. The zero-order chi connectivity index (χ0) is 35.0. The zero-order valence-electron chi connectivity index (χ0n) is 28.0. The van der Waals surface area contributed by atoms with Crippen LogP contribution in [0.15, 0.2) is 160 Å². The van der Waals surface area contributed by atoms with Crippen LogP contribution in [0.3, 0.4) is 0 Å². The van der Waals surface area contributed by atoms with Crippen LogP contribution in [0.1, 0.15) is 0 Å². The van der Waals surface area contributed by atoms with Crippen molar-refractivity contribution in [2.75, 3.05) is 0 Å². The minimum Gasteiger partial charge on any atom is -0.455 e. The second-order valence-electron chi connectivity index (χ2n) is 13.1. The van der Waals surface area contributed by atoms with Gasteiger partial charge in [0.25, 0.3) is 0 Å². The van der Waals surface area contributed by atoms with Gasteiger partial charge in [-0.25, -0.2) is 9.83 Å². The van der Waals surface area contributed by atoms with Crippen molar-refractivity contribution in [2.45, 2.75) is 0 Å². The van der Waals surface area contributed by atoms with Gasteiger partial charge in [-0.15, -0.1) is 0 Å². The Morgan fingerprint density at radius 3 is 1.85 bits per heavy atom. The maximum atomic E-state index is 7.90. The van der Waals surface area contributed by atoms with Gasteiger partial charge in [0.15, 0.2) is 17.3 Å². The van der Waals surface area contributed by atoms with Crippen molar-refractivity contribution in [1.82, 2.24) is 19.5 Å². The summed E-state index contributed by atoms with van der Waals surface area (Å²) in [7, 11) is 0. The van der Waals surface area contributed by atoms with Crippen molar-refractivity contribution in [2.24, 2.45) is 0 Å². The van der Waals surface area contributed by atoms with Gasteiger partial charge in [0.1, 0.15) is 22.3 Å². The van der Waals surface area contributed by atoms with Crippen LogP contribution < -0.4 is 0 Å². The molecule has 0 saturated heterocycles. The molecule has 246 valence electrons. The zero-order valence-corrected chi connectivity index (χ0v) is 28.0. The molecule has 0 spiro atoms. The third-order valence-corrected chi connectivity index (χ3v) is 10.1. The molecule has 0 radical (unpaired) electrons. The van der Waals surface area contributed by atoms with E-state index in [0.717, 1.165) is 87.9 Å². The van der Waals surface area contributed by atoms with Crippen molar-refractivity contribution >= 4 is 71.4 Å². The molecular formula is C46H25N5O2. The molecule has 7 heteroatoms. The highest BCUT2D eigenvalue weighted by Gasteiger charge is 2.21. The van der Waals surface area contributed by atoms with Gasteiger partial charge in [-0.2, -0.15) is 9.97 Å². The molecule has 0 bridgehead atoms. The topological polar surface area (TPSA) is 74.2 Å². The van der Waals surface area contributed by atoms with Crippen molar-refractivity contribution in [3.05, 3.63) is 163 Å². The van der Waals surface area contributed by atoms with E-state index < -0.39 is 0 Å². The summed E-state index contributed by atoms with van der Waals surface area (Å²) < 4.78 is 15.2. The van der Waals surface area contributed by atoms with E-state index in [2.05, 4.69) is 53.4 Å². The molecule has 0 aliphatic rings. The Hall–Kier alpha value is -7.56. The molecule has 7 aromatic carbocycles. The first-order chi connectivity index (χ1) is 26.2. The molecule has 0 N–H and O–H groups in total. The number of aromatic nitrogens is 4. The summed E-state index contributed by atoms with van der Waals surface area (Å²) in [4.78, 5) is 19.0. The molecule has 0 fully saturated rings. The second-order valence-corrected chi connectivity index (χ2v) is 13.1. The standard InChI is InChI=1S/C46H25N5O2/c1-47-36-20-11-22-38-41(36)35-15-5-7-21-37(35)51(38)46-49-44(27-12-3-2-4-13-27)48-45(50-46)28-24-25-30-32-17-10-19-34(43(32)53-40(30)26-28)33-18-9-16-31-29-14-6-8-23-39(29)52-42(31)33/h2-26H. The van der Waals surface area contributed by atoms with E-state index >= 15 is 0 Å². The van der Waals surface area contributed by atoms with Crippen LogP contribution in [0.2, 0.25) is 0 Å². The first kappa shape index (κ1) is 29.2. The number of hydrogen-bond donors (Lipinski definition) is 0. The first-order valence-electron chi connectivity index (χ1n) is 17.3. The van der Waals surface area contributed by atoms with E-state index in [9.17, 15) is 0 Å². The van der Waals surface area contributed by atoms with Gasteiger partial charge >= 0.3 is 0 Å². The lowest BCUT2D eigenvalue weighted by atomic mass is 10.00. The largest absolute Gasteiger partial charge is 0.455 e. The fourth-order valence-corrected chi connectivity index (χ4v) is 7.73. The molecule has 53 heavy (non-hydrogen) atoms. The van der Waals surface area contributed by atoms with Crippen LogP contribution in [-0.2, 0) is 0 Å². The van der Waals surface area contributed by atoms with Crippen LogP contribution in [-0.4, -0.2) is 19.5 Å². The fourth-order valence-electron chi connectivity index (χ4n) is 7.73. The van der Waals surface area contributed by atoms with Crippen molar-refractivity contribution < 1.29 is 8.83 Å². The minimum atomic E-state index is 0.466. The molecule has 0 atom stereocenters. The number of nitrogens with zero attached hydrogens (tertiary/aromatic N) is 5. The lowest BCUT2D eigenvalue weighted by molar-refractivity contribution is 0.665. The number of hydrogen-bond acceptors (Lipinski definition) is 5. The molecule has 0 unspecified atom stereocenters. The highest BCUT2D eigenvalue weighted by molar-refractivity contribution is 6.16. The molecule has 0 aliphatic carbocycles. The summed E-state index contributed by atoms with van der Waals surface area (Å²) in [5.41, 5.74) is 9.16. The smallest absolute Gasteiger partial charge is 0.238 e. The van der Waals surface area contributed by atoms with Crippen molar-refractivity contribution in [1.29, 1.82) is 0 Å². The third kappa shape index (κ3) is 4.36. The molecule has 11 aromatic rings. The van der Waals surface area contributed by atoms with Gasteiger partial charge in [0.2, 0.25) is 5.95 Å². The Kier molecular flexibility index (Phi) is 6.18. The maximum Gasteiger partial charge on any atom is 0.238 e. The summed E-state index contributed by atoms with van der Waals surface area (Å²) in [5, 5.41) is 6.01. The SMILES string of the molecule is [C-]#[N+]c1cccc2c1c1ccccc1n2-c1nc(-c2ccccc2)nc(-c2ccc3c(c2)oc2c(-c4cccc5c4oc4ccccc45)cccc23)n1. The van der Waals surface area contributed by atoms with Crippen LogP contribution >= 0.6 is 0 Å². The van der Waals surface area contributed by atoms with Gasteiger partial charge in [0.05, 0.1) is 12.1 Å². The number of rotatable bonds is 4. The van der Waals surface area contributed by atoms with E-state index in [1.807, 2.05) is 108 Å². The van der Waals surface area contributed by atoms with Crippen LogP contribution in [0, 0.1) is 6.57 Å². The number of furan rings is 2. The number of benzene rings is 7. The molecule has 0 amide bonds. The Morgan fingerprint density at radius 1 is 0.472 bits per heavy atom. The Balaban J connectivity index is 1.12. The molecule has 11 rings (SSSR count). The van der Waals surface area contributed by atoms with Crippen molar-refractivity contribution in [3.63, 3.8) is 0 Å². The predicted octanol–water partition coefficient (Wildman–Crippen LogP) is 12.3. The monoisotopic (exact) mass is 679 g/mol. The predicted molar refractivity (Wildman–Crippen MR) is 211 cm³/mol. The lowest BCUT2D eigenvalue weighted by Gasteiger charge is -2.11. The van der Waals surface area contributed by atoms with Gasteiger partial charge < -0.3 is 8.83 Å². The summed E-state index contributed by atoms with van der Waals surface area (Å²) in [5.74, 6) is 1.52. The summed E-state index contributed by atoms with van der Waals surface area (Å²) >= 11 is 0. The van der Waals surface area contributed by atoms with E-state index in [0.29, 0.717) is 23.3 Å². The van der Waals surface area contributed by atoms with E-state index in [1.165, 1.54) is 0 Å². The second kappa shape index (κ2) is 11.2. The van der Waals surface area contributed by atoms with Crippen LogP contribution in [0.25, 0.3) is 110 Å². The molecule has 4 heterocycles. The van der Waals surface area contributed by atoms with E-state index in [4.69, 9.17) is 30.4 Å². The summed E-state index contributed by atoms with van der Waals surface area (Å²) in [6, 6.07) is 50.5. The minimum absolute atomic E-state index is 0.466. The highest BCUT2D eigenvalue weighted by atomic mass is 16.3. The van der Waals surface area contributed by atoms with Crippen LogP contribution in [0.5, 0.6) is 0 Å². The van der Waals surface area contributed by atoms with E-state index in [1.54, 1.807) is 0 Å². The third-order valence-electron chi connectivity index (χ3n) is 10.1. The van der Waals surface area contributed by atoms with Gasteiger partial charge in [-0.05, 0) is 35.7 Å². The molecule has 0 aliphatic heterocycles. The summed E-state index contributed by atoms with van der Waals surface area (Å²) in [6.07, 6.45) is 0. The van der Waals surface area contributed by atoms with Gasteiger partial charge in [0, 0.05) is 54.7 Å². The number of para-hydroxylation sites is 4. The Labute approximate surface area is 301 Å². The maximum absolute atomic E-state index is 7.90.